The van der Waals surface area contributed by atoms with Crippen LogP contribution in [0.15, 0.2) is 60.9 Å². The van der Waals surface area contributed by atoms with Gasteiger partial charge in [-0.05, 0) is 270 Å². The maximum Gasteiger partial charge on any atom is 0.311 e. The molecule has 1 amide bonds. The van der Waals surface area contributed by atoms with Crippen LogP contribution >= 0.6 is 23.2 Å². The standard InChI is InChI=1S/C54H90ClN5O13.C41H79N3O12.C13H13ClN2O2/c1-15-42-54(10,66)47(62)35(6)60(13)30-31(2)28-52(8,65)49(33(4)45(34(5)50(64)71-42)72-44-29-53(9,67-14)48(63)36(7)70-44)73-51-46(41(59(11)12)26-32(3)69-51)68-25-17-23-58-43(61)18-16-22-56-39-21-24-57-40-27-37(55)19-20-38(39)40;1-15-30-41(10,49)34(45)27(6)44(13)22-23(2)20-39(8,48)36(56-38-33(51-18-16-17-42)29(43(11)12)19-24(3)52-38)25(4)32(26(5)37(47)54-30)55-31-21-40(9,50-14)35(46)28(7)53-31;14-9-3-4-10-11(5-7-16-12(10)8-9)15-6-1-2-13(17)18/h19-21,24,27,31-36,41-42,44-49,51,62-63,65-66H,15-18,22-23,25-26,28-30H2,1-14H3,(H,56,57)(H,58,61);23-36,38,45-46,48-49H,15-22,42H2,1-14H3;3-5,7-8H,1-2,6H2,(H,15,16)(H,17,18)/t31-,32-,33+,34-,35-,36+,41+,42-,44+,45+,46-,47-,48+,49-,51+,52-,53-,54-;23-,24-,25+,26-,27-,28+,29+,30-,31+,32+,33-,34-,35+,36-,38+,39-,40-,41-;/m11./s1. The first kappa shape index (κ1) is 126. The van der Waals surface area contributed by atoms with Gasteiger partial charge in [0, 0.05) is 166 Å². The Hall–Kier alpha value is -5.68. The number of pyridine rings is 2. The van der Waals surface area contributed by atoms with Gasteiger partial charge in [0.15, 0.2) is 25.2 Å². The number of nitrogens with zero attached hydrogens (tertiary/aromatic N) is 6. The molecule has 14 N–H and O–H groups in total. The molecule has 147 heavy (non-hydrogen) atoms. The molecule has 8 heterocycles. The van der Waals surface area contributed by atoms with E-state index in [0.717, 1.165) is 33.2 Å². The number of rotatable bonds is 33. The van der Waals surface area contributed by atoms with Crippen LogP contribution in [0.4, 0.5) is 11.4 Å². The molecular formula is C108H182Cl2N10O27. The lowest BCUT2D eigenvalue weighted by Gasteiger charge is -2.49. The van der Waals surface area contributed by atoms with Gasteiger partial charge in [-0.2, -0.15) is 0 Å². The first-order chi connectivity index (χ1) is 68.8. The van der Waals surface area contributed by atoms with Crippen molar-refractivity contribution in [1.29, 1.82) is 0 Å². The van der Waals surface area contributed by atoms with Gasteiger partial charge in [-0.3, -0.25) is 29.1 Å². The lowest BCUT2D eigenvalue weighted by Crippen LogP contribution is -2.61. The highest BCUT2D eigenvalue weighted by atomic mass is 35.5. The number of nitrogens with one attached hydrogen (secondary N) is 3. The van der Waals surface area contributed by atoms with Crippen molar-refractivity contribution in [2.45, 2.75) is 409 Å². The number of benzene rings is 2. The van der Waals surface area contributed by atoms with Gasteiger partial charge in [0.25, 0.3) is 0 Å². The fraction of sp³-hybridized carbons (Fsp3) is 0.796. The number of likely N-dealkylation sites (N-methyl/N-ethyl adjacent to an activating group) is 4. The summed E-state index contributed by atoms with van der Waals surface area (Å²) in [6.07, 6.45) is -8.70. The monoisotopic (exact) mass is 2120 g/mol. The van der Waals surface area contributed by atoms with Gasteiger partial charge in [-0.25, -0.2) is 0 Å². The highest BCUT2D eigenvalue weighted by Gasteiger charge is 2.57. The smallest absolute Gasteiger partial charge is 0.311 e. The van der Waals surface area contributed by atoms with Gasteiger partial charge in [-0.1, -0.05) is 64.7 Å². The maximum atomic E-state index is 14.6. The van der Waals surface area contributed by atoms with E-state index in [9.17, 15) is 60.0 Å². The van der Waals surface area contributed by atoms with Crippen LogP contribution in [0.3, 0.4) is 0 Å². The second-order valence-corrected chi connectivity index (χ2v) is 45.2. The van der Waals surface area contributed by atoms with Gasteiger partial charge in [0.2, 0.25) is 5.91 Å². The Morgan fingerprint density at radius 1 is 0.517 bits per heavy atom. The number of carbonyl (C=O) groups excluding carboxylic acids is 3. The average Bonchev–Trinajstić information content (AvgIpc) is 1.48. The van der Waals surface area contributed by atoms with Gasteiger partial charge in [-0.15, -0.1) is 0 Å². The molecule has 39 heteroatoms. The Bertz CT molecular complexity index is 4690. The van der Waals surface area contributed by atoms with Crippen molar-refractivity contribution >= 4 is 80.2 Å². The molecule has 2 aromatic heterocycles. The summed E-state index contributed by atoms with van der Waals surface area (Å²) in [7, 11) is 14.7. The minimum Gasteiger partial charge on any atom is -0.481 e. The quantitative estimate of drug-likeness (QED) is 0.0156. The lowest BCUT2D eigenvalue weighted by molar-refractivity contribution is -0.321. The predicted molar refractivity (Wildman–Crippen MR) is 564 cm³/mol. The Labute approximate surface area is 882 Å². The van der Waals surface area contributed by atoms with Crippen molar-refractivity contribution in [2.24, 2.45) is 41.2 Å². The Balaban J connectivity index is 0.000000312. The fourth-order valence-corrected chi connectivity index (χ4v) is 22.5. The van der Waals surface area contributed by atoms with Gasteiger partial charge >= 0.3 is 17.9 Å². The zero-order valence-electron chi connectivity index (χ0n) is 92.5. The molecule has 0 bridgehead atoms. The number of ether oxygens (including phenoxy) is 14. The number of aromatic nitrogens is 2. The third-order valence-electron chi connectivity index (χ3n) is 31.2. The van der Waals surface area contributed by atoms with Crippen molar-refractivity contribution in [3.63, 3.8) is 0 Å². The molecule has 2 aromatic carbocycles. The molecule has 0 saturated carbocycles. The summed E-state index contributed by atoms with van der Waals surface area (Å²) in [5.41, 5.74) is 0.520. The van der Waals surface area contributed by atoms with Crippen molar-refractivity contribution in [1.82, 2.24) is 34.9 Å². The highest BCUT2D eigenvalue weighted by molar-refractivity contribution is 6.31. The first-order valence-corrected chi connectivity index (χ1v) is 53.7. The largest absolute Gasteiger partial charge is 0.481 e. The van der Waals surface area contributed by atoms with Crippen LogP contribution < -0.4 is 21.7 Å². The molecule has 10 rings (SSSR count). The van der Waals surface area contributed by atoms with Crippen molar-refractivity contribution in [3.05, 3.63) is 71.0 Å². The Morgan fingerprint density at radius 2 is 0.898 bits per heavy atom. The van der Waals surface area contributed by atoms with Crippen LogP contribution in [0.5, 0.6) is 0 Å². The van der Waals surface area contributed by atoms with E-state index in [1.807, 2.05) is 150 Å². The Kier molecular flexibility index (Phi) is 48.7. The lowest BCUT2D eigenvalue weighted by atomic mass is 9.77. The number of nitrogens with two attached hydrogens (primary N) is 1. The van der Waals surface area contributed by atoms with E-state index in [1.165, 1.54) is 28.1 Å². The number of aliphatic hydroxyl groups is 8. The number of aliphatic hydroxyl groups excluding tert-OH is 4. The van der Waals surface area contributed by atoms with E-state index in [-0.39, 0.29) is 93.6 Å². The van der Waals surface area contributed by atoms with E-state index in [1.54, 1.807) is 87.7 Å². The van der Waals surface area contributed by atoms with Gasteiger partial charge in [0.05, 0.1) is 94.1 Å². The molecule has 6 saturated heterocycles. The topological polar surface area (TPSA) is 480 Å². The number of cyclic esters (lactones) is 2. The summed E-state index contributed by atoms with van der Waals surface area (Å²) < 4.78 is 90.5. The number of halogens is 2. The van der Waals surface area contributed by atoms with Crippen LogP contribution in [-0.4, -0.2) is 389 Å². The summed E-state index contributed by atoms with van der Waals surface area (Å²) >= 11 is 12.1. The number of fused-ring (bicyclic) bond motifs is 2. The molecule has 0 spiro atoms. The van der Waals surface area contributed by atoms with Gasteiger partial charge < -0.3 is 154 Å². The number of aliphatic carboxylic acids is 1. The maximum absolute atomic E-state index is 14.6. The zero-order chi connectivity index (χ0) is 110. The number of amides is 1. The number of carboxylic acids is 1. The van der Waals surface area contributed by atoms with Crippen molar-refractivity contribution in [2.75, 3.05) is 120 Å². The van der Waals surface area contributed by atoms with Crippen LogP contribution in [0.1, 0.15) is 228 Å². The summed E-state index contributed by atoms with van der Waals surface area (Å²) in [6.45, 7) is 39.4. The third-order valence-corrected chi connectivity index (χ3v) is 31.6. The second-order valence-electron chi connectivity index (χ2n) is 44.4. The summed E-state index contributed by atoms with van der Waals surface area (Å²) in [4.78, 5) is 69.0. The number of hydrogen-bond donors (Lipinski definition) is 13. The molecule has 37 nitrogen and oxygen atoms in total. The van der Waals surface area contributed by atoms with Crippen LogP contribution in [0.2, 0.25) is 10.0 Å². The molecule has 0 aliphatic carbocycles. The van der Waals surface area contributed by atoms with Crippen LogP contribution in [0, 0.1) is 35.5 Å². The van der Waals surface area contributed by atoms with E-state index >= 15 is 0 Å². The fourth-order valence-electron chi connectivity index (χ4n) is 22.2. The first-order valence-electron chi connectivity index (χ1n) is 52.9. The third kappa shape index (κ3) is 33.9. The zero-order valence-corrected chi connectivity index (χ0v) is 94.1. The predicted octanol–water partition coefficient (Wildman–Crippen LogP) is 11.0. The van der Waals surface area contributed by atoms with E-state index in [4.69, 9.17) is 100 Å². The second kappa shape index (κ2) is 56.6. The van der Waals surface area contributed by atoms with Crippen molar-refractivity contribution < 1.29 is 131 Å². The molecule has 840 valence electrons. The minimum atomic E-state index is -1.83. The summed E-state index contributed by atoms with van der Waals surface area (Å²) in [5.74, 6) is -6.02. The molecule has 36 atom stereocenters. The number of esters is 2. The Morgan fingerprint density at radius 3 is 1.26 bits per heavy atom. The number of carboxylic acid groups (broad SMARTS) is 1. The normalized spacial score (nSPS) is 38.3. The number of carbonyl (C=O) groups is 4. The van der Waals surface area contributed by atoms with Crippen LogP contribution in [-0.2, 0) is 85.5 Å². The number of anilines is 2. The minimum absolute atomic E-state index is 0.0660. The molecule has 0 radical (unpaired) electrons. The van der Waals surface area contributed by atoms with Crippen molar-refractivity contribution in [3.8, 4) is 0 Å². The molecule has 6 fully saturated rings. The highest BCUT2D eigenvalue weighted by Crippen LogP contribution is 2.46. The molecular weight excluding hydrogens is 1940 g/mol. The summed E-state index contributed by atoms with van der Waals surface area (Å²) in [6, 6.07) is 13.6. The number of methoxy groups -OCH3 is 2. The SMILES string of the molecule is CC[C@H]1OC(=O)[C@H](C)[C@@H](O[C@H]2C[C@@](C)(OC)[C@@H](O)[C@H](C)O2)[C@H](C)[C@@H](O[C@@H]2O[C@H](C)C[C@H](N(C)C)[C@H]2OCCCN)[C@](C)(O)C[C@@H](C)CN(C)[C@H](C)[C@@H](O)[C@]1(C)O.CC[C@H]1OC(=O)[C@H](C)[C@@H](O[C@H]2C[C@@](C)(OC)[C@@H](O)[C@H](C)O2)[C@H](C)[C@@H](O[C@@H]2O[C@H](C)C[C@H](N(C)C)[C@H]2OCCCNC(=O)CCCNc2ccnc3cc(Cl)ccc23)[C@](C)(O)C[C@@H](C)CN(C)[C@H](C)[C@@H](O)[C@]1(C)O.O=C(O)CCCNc1ccnc2cc(Cl)ccc12. The van der Waals surface area contributed by atoms with E-state index in [2.05, 4.69) is 35.7 Å². The molecule has 4 aromatic rings. The molecule has 6 aliphatic rings. The van der Waals surface area contributed by atoms with Gasteiger partial charge in [0.1, 0.15) is 60.0 Å². The summed E-state index contributed by atoms with van der Waals surface area (Å²) in [5, 5.41) is 116. The van der Waals surface area contributed by atoms with E-state index < -0.39 is 198 Å². The molecule has 6 aliphatic heterocycles. The average molecular weight is 2120 g/mol. The van der Waals surface area contributed by atoms with E-state index in [0.29, 0.717) is 101 Å². The molecule has 0 unspecified atom stereocenters. The number of hydrogen-bond acceptors (Lipinski definition) is 35. The van der Waals surface area contributed by atoms with Crippen LogP contribution in [0.25, 0.3) is 21.8 Å².